The highest BCUT2D eigenvalue weighted by molar-refractivity contribution is 5.90. The van der Waals surface area contributed by atoms with Gasteiger partial charge in [-0.15, -0.1) is 0 Å². The third-order valence-electron chi connectivity index (χ3n) is 5.06. The third-order valence-corrected chi connectivity index (χ3v) is 5.06. The molecule has 0 unspecified atom stereocenters. The van der Waals surface area contributed by atoms with Gasteiger partial charge in [-0.25, -0.2) is 4.98 Å². The summed E-state index contributed by atoms with van der Waals surface area (Å²) in [5.74, 6) is 2.48. The first-order chi connectivity index (χ1) is 15.0. The number of ether oxygens (including phenoxy) is 2. The SMILES string of the molecule is CC(C)CC(=O)Nc1ccc(Oc2ccc3c(c2)CC[C@@H](c2cccc(O)c2)O3)nc1. The Bertz CT molecular complexity index is 1060. The fourth-order valence-corrected chi connectivity index (χ4v) is 3.61. The number of fused-ring (bicyclic) bond motifs is 1. The van der Waals surface area contributed by atoms with Crippen molar-refractivity contribution in [3.63, 3.8) is 0 Å². The highest BCUT2D eigenvalue weighted by Crippen LogP contribution is 2.38. The number of benzene rings is 2. The molecule has 0 saturated carbocycles. The highest BCUT2D eigenvalue weighted by atomic mass is 16.5. The molecule has 0 radical (unpaired) electrons. The summed E-state index contributed by atoms with van der Waals surface area (Å²) in [7, 11) is 0. The van der Waals surface area contributed by atoms with E-state index in [1.807, 2.05) is 44.2 Å². The van der Waals surface area contributed by atoms with Crippen LogP contribution in [0.15, 0.2) is 60.8 Å². The number of hydrogen-bond donors (Lipinski definition) is 2. The first-order valence-corrected chi connectivity index (χ1v) is 10.5. The molecule has 2 N–H and O–H groups in total. The number of nitrogens with one attached hydrogen (secondary N) is 1. The first-order valence-electron chi connectivity index (χ1n) is 10.5. The van der Waals surface area contributed by atoms with Gasteiger partial charge in [0.1, 0.15) is 23.4 Å². The molecule has 1 atom stereocenters. The van der Waals surface area contributed by atoms with Crippen molar-refractivity contribution in [2.45, 2.75) is 39.2 Å². The molecule has 0 saturated heterocycles. The lowest BCUT2D eigenvalue weighted by molar-refractivity contribution is -0.116. The largest absolute Gasteiger partial charge is 0.508 e. The number of carbonyl (C=O) groups excluding carboxylic acids is 1. The van der Waals surface area contributed by atoms with Gasteiger partial charge in [-0.2, -0.15) is 0 Å². The van der Waals surface area contributed by atoms with Gasteiger partial charge >= 0.3 is 0 Å². The minimum absolute atomic E-state index is 0.0239. The van der Waals surface area contributed by atoms with Crippen LogP contribution in [0.4, 0.5) is 5.69 Å². The fraction of sp³-hybridized carbons (Fsp3) is 0.280. The lowest BCUT2D eigenvalue weighted by Crippen LogP contribution is -2.15. The van der Waals surface area contributed by atoms with Gasteiger partial charge in [-0.3, -0.25) is 4.79 Å². The van der Waals surface area contributed by atoms with Crippen molar-refractivity contribution in [1.82, 2.24) is 4.98 Å². The standard InChI is InChI=1S/C25H26N2O4/c1-16(2)12-24(29)27-19-7-11-25(26-15-19)30-21-8-10-23-18(14-21)6-9-22(31-23)17-4-3-5-20(28)13-17/h3-5,7-8,10-11,13-16,22,28H,6,9,12H2,1-2H3,(H,27,29)/t22-/m0/s1. The molecule has 31 heavy (non-hydrogen) atoms. The monoisotopic (exact) mass is 418 g/mol. The Morgan fingerprint density at radius 2 is 2.10 bits per heavy atom. The van der Waals surface area contributed by atoms with Gasteiger partial charge in [0.2, 0.25) is 11.8 Å². The van der Waals surface area contributed by atoms with E-state index in [0.717, 1.165) is 29.7 Å². The molecule has 4 rings (SSSR count). The quantitative estimate of drug-likeness (QED) is 0.542. The number of hydrogen-bond acceptors (Lipinski definition) is 5. The van der Waals surface area contributed by atoms with Gasteiger partial charge in [-0.05, 0) is 66.3 Å². The maximum Gasteiger partial charge on any atom is 0.224 e. The van der Waals surface area contributed by atoms with Crippen LogP contribution < -0.4 is 14.8 Å². The van der Waals surface area contributed by atoms with Crippen LogP contribution in [0.2, 0.25) is 0 Å². The Labute approximate surface area is 181 Å². The summed E-state index contributed by atoms with van der Waals surface area (Å²) in [4.78, 5) is 16.2. The van der Waals surface area contributed by atoms with Crippen LogP contribution in [-0.4, -0.2) is 16.0 Å². The van der Waals surface area contributed by atoms with E-state index in [1.165, 1.54) is 0 Å². The maximum atomic E-state index is 11.9. The van der Waals surface area contributed by atoms with Gasteiger partial charge in [0.15, 0.2) is 0 Å². The second-order valence-corrected chi connectivity index (χ2v) is 8.14. The topological polar surface area (TPSA) is 80.7 Å². The average Bonchev–Trinajstić information content (AvgIpc) is 2.74. The van der Waals surface area contributed by atoms with Crippen LogP contribution >= 0.6 is 0 Å². The molecule has 2 heterocycles. The summed E-state index contributed by atoms with van der Waals surface area (Å²) in [5.41, 5.74) is 2.69. The molecule has 6 nitrogen and oxygen atoms in total. The Hall–Kier alpha value is -3.54. The molecule has 2 aromatic carbocycles. The summed E-state index contributed by atoms with van der Waals surface area (Å²) in [5, 5.41) is 12.5. The zero-order chi connectivity index (χ0) is 21.8. The second kappa shape index (κ2) is 9.08. The molecule has 1 amide bonds. The number of phenolic OH excluding ortho intramolecular Hbond substituents is 1. The lowest BCUT2D eigenvalue weighted by atomic mass is 9.97. The lowest BCUT2D eigenvalue weighted by Gasteiger charge is -2.26. The number of aromatic hydroxyl groups is 1. The minimum atomic E-state index is -0.0773. The Morgan fingerprint density at radius 1 is 1.23 bits per heavy atom. The summed E-state index contributed by atoms with van der Waals surface area (Å²) in [6, 6.07) is 16.4. The Kier molecular flexibility index (Phi) is 6.07. The number of nitrogens with zero attached hydrogens (tertiary/aromatic N) is 1. The minimum Gasteiger partial charge on any atom is -0.508 e. The second-order valence-electron chi connectivity index (χ2n) is 8.14. The van der Waals surface area contributed by atoms with E-state index < -0.39 is 0 Å². The molecule has 0 aliphatic carbocycles. The van der Waals surface area contributed by atoms with E-state index in [2.05, 4.69) is 10.3 Å². The number of pyridine rings is 1. The first kappa shape index (κ1) is 20.7. The van der Waals surface area contributed by atoms with E-state index in [4.69, 9.17) is 9.47 Å². The highest BCUT2D eigenvalue weighted by Gasteiger charge is 2.22. The number of aromatic nitrogens is 1. The molecule has 6 heteroatoms. The van der Waals surface area contributed by atoms with Crippen LogP contribution in [0.3, 0.4) is 0 Å². The summed E-state index contributed by atoms with van der Waals surface area (Å²) in [6.07, 6.45) is 3.66. The zero-order valence-corrected chi connectivity index (χ0v) is 17.7. The van der Waals surface area contributed by atoms with E-state index >= 15 is 0 Å². The Morgan fingerprint density at radius 3 is 2.84 bits per heavy atom. The molecular formula is C25H26N2O4. The molecule has 1 aliphatic rings. The predicted octanol–water partition coefficient (Wildman–Crippen LogP) is 5.63. The van der Waals surface area contributed by atoms with Gasteiger partial charge in [0.25, 0.3) is 0 Å². The van der Waals surface area contributed by atoms with E-state index in [9.17, 15) is 9.90 Å². The van der Waals surface area contributed by atoms with Gasteiger partial charge in [0, 0.05) is 12.5 Å². The molecule has 1 aromatic heterocycles. The average molecular weight is 418 g/mol. The van der Waals surface area contributed by atoms with Gasteiger partial charge in [-0.1, -0.05) is 26.0 Å². The van der Waals surface area contributed by atoms with Crippen molar-refractivity contribution in [3.05, 3.63) is 71.9 Å². The molecule has 160 valence electrons. The van der Waals surface area contributed by atoms with Crippen molar-refractivity contribution in [2.75, 3.05) is 5.32 Å². The summed E-state index contributed by atoms with van der Waals surface area (Å²) in [6.45, 7) is 4.01. The predicted molar refractivity (Wildman–Crippen MR) is 119 cm³/mol. The van der Waals surface area contributed by atoms with Gasteiger partial charge in [0.05, 0.1) is 11.9 Å². The van der Waals surface area contributed by atoms with Crippen molar-refractivity contribution in [3.8, 4) is 23.1 Å². The Balaban J connectivity index is 1.39. The molecule has 3 aromatic rings. The number of amides is 1. The van der Waals surface area contributed by atoms with Crippen molar-refractivity contribution < 1.29 is 19.4 Å². The number of aryl methyl sites for hydroxylation is 1. The van der Waals surface area contributed by atoms with Crippen LogP contribution in [0.1, 0.15) is 43.9 Å². The number of rotatable bonds is 6. The van der Waals surface area contributed by atoms with Crippen molar-refractivity contribution in [1.29, 1.82) is 0 Å². The summed E-state index contributed by atoms with van der Waals surface area (Å²) >= 11 is 0. The van der Waals surface area contributed by atoms with Gasteiger partial charge < -0.3 is 19.9 Å². The smallest absolute Gasteiger partial charge is 0.224 e. The maximum absolute atomic E-state index is 11.9. The summed E-state index contributed by atoms with van der Waals surface area (Å²) < 4.78 is 12.0. The van der Waals surface area contributed by atoms with E-state index in [0.29, 0.717) is 29.7 Å². The fourth-order valence-electron chi connectivity index (χ4n) is 3.61. The molecule has 0 bridgehead atoms. The number of anilines is 1. The van der Waals surface area contributed by atoms with Crippen LogP contribution in [-0.2, 0) is 11.2 Å². The van der Waals surface area contributed by atoms with Crippen molar-refractivity contribution >= 4 is 11.6 Å². The molecular weight excluding hydrogens is 392 g/mol. The van der Waals surface area contributed by atoms with E-state index in [-0.39, 0.29) is 17.8 Å². The number of phenols is 1. The zero-order valence-electron chi connectivity index (χ0n) is 17.7. The van der Waals surface area contributed by atoms with Crippen LogP contribution in [0.25, 0.3) is 0 Å². The molecule has 1 aliphatic heterocycles. The van der Waals surface area contributed by atoms with Crippen LogP contribution in [0.5, 0.6) is 23.1 Å². The molecule has 0 fully saturated rings. The number of carbonyl (C=O) groups is 1. The van der Waals surface area contributed by atoms with Crippen LogP contribution in [0, 0.1) is 5.92 Å². The third kappa shape index (κ3) is 5.34. The van der Waals surface area contributed by atoms with Crippen molar-refractivity contribution in [2.24, 2.45) is 5.92 Å². The molecule has 0 spiro atoms. The van der Waals surface area contributed by atoms with E-state index in [1.54, 1.807) is 30.5 Å². The normalized spacial score (nSPS) is 15.1.